The predicted octanol–water partition coefficient (Wildman–Crippen LogP) is 1.42. The van der Waals surface area contributed by atoms with Gasteiger partial charge in [0, 0.05) is 12.6 Å². The molecular formula is C9H11N3OS. The lowest BCUT2D eigenvalue weighted by atomic mass is 10.3. The van der Waals surface area contributed by atoms with E-state index in [2.05, 4.69) is 8.75 Å². The van der Waals surface area contributed by atoms with Crippen LogP contribution in [0, 0.1) is 0 Å². The molecule has 74 valence electrons. The molecule has 0 fully saturated rings. The predicted molar refractivity (Wildman–Crippen MR) is 56.6 cm³/mol. The molecule has 1 heterocycles. The zero-order valence-corrected chi connectivity index (χ0v) is 8.62. The molecule has 1 atom stereocenters. The zero-order chi connectivity index (χ0) is 9.97. The summed E-state index contributed by atoms with van der Waals surface area (Å²) >= 11 is 1.21. The molecule has 0 saturated heterocycles. The summed E-state index contributed by atoms with van der Waals surface area (Å²) in [5.41, 5.74) is 7.24. The van der Waals surface area contributed by atoms with E-state index >= 15 is 0 Å². The fraction of sp³-hybridized carbons (Fsp3) is 0.333. The first-order valence-corrected chi connectivity index (χ1v) is 5.11. The minimum atomic E-state index is 0.0269. The topological polar surface area (TPSA) is 61.0 Å². The molecule has 0 saturated carbocycles. The van der Waals surface area contributed by atoms with Crippen LogP contribution in [-0.4, -0.2) is 21.4 Å². The third-order valence-electron chi connectivity index (χ3n) is 1.89. The molecule has 5 heteroatoms. The van der Waals surface area contributed by atoms with Gasteiger partial charge in [-0.1, -0.05) is 0 Å². The molecule has 0 aliphatic rings. The summed E-state index contributed by atoms with van der Waals surface area (Å²) < 4.78 is 13.8. The first kappa shape index (κ1) is 9.36. The van der Waals surface area contributed by atoms with Gasteiger partial charge in [-0.2, -0.15) is 8.75 Å². The highest BCUT2D eigenvalue weighted by atomic mass is 32.1. The van der Waals surface area contributed by atoms with E-state index in [9.17, 15) is 0 Å². The van der Waals surface area contributed by atoms with Crippen molar-refractivity contribution in [2.24, 2.45) is 5.73 Å². The highest BCUT2D eigenvalue weighted by Gasteiger charge is 2.03. The fourth-order valence-corrected chi connectivity index (χ4v) is 1.63. The van der Waals surface area contributed by atoms with Crippen LogP contribution in [-0.2, 0) is 0 Å². The molecule has 0 aliphatic heterocycles. The van der Waals surface area contributed by atoms with Crippen molar-refractivity contribution >= 4 is 22.8 Å². The third-order valence-corrected chi connectivity index (χ3v) is 2.45. The molecule has 4 nitrogen and oxygen atoms in total. The first-order valence-electron chi connectivity index (χ1n) is 4.38. The lowest BCUT2D eigenvalue weighted by Gasteiger charge is -2.11. The summed E-state index contributed by atoms with van der Waals surface area (Å²) in [6, 6.07) is 5.66. The Kier molecular flexibility index (Phi) is 2.60. The average molecular weight is 209 g/mol. The molecule has 2 rings (SSSR count). The van der Waals surface area contributed by atoms with Gasteiger partial charge in [0.2, 0.25) is 0 Å². The normalized spacial score (nSPS) is 13.0. The van der Waals surface area contributed by atoms with Gasteiger partial charge in [0.15, 0.2) is 0 Å². The van der Waals surface area contributed by atoms with E-state index in [1.807, 2.05) is 25.1 Å². The van der Waals surface area contributed by atoms with E-state index in [-0.39, 0.29) is 6.10 Å². The Morgan fingerprint density at radius 3 is 3.00 bits per heavy atom. The number of aromatic nitrogens is 2. The minimum absolute atomic E-state index is 0.0269. The van der Waals surface area contributed by atoms with Crippen molar-refractivity contribution < 1.29 is 4.74 Å². The maximum absolute atomic E-state index is 5.55. The van der Waals surface area contributed by atoms with Crippen molar-refractivity contribution in [1.82, 2.24) is 8.75 Å². The minimum Gasteiger partial charge on any atom is -0.489 e. The van der Waals surface area contributed by atoms with Crippen LogP contribution in [0.5, 0.6) is 5.75 Å². The summed E-state index contributed by atoms with van der Waals surface area (Å²) in [5.74, 6) is 0.795. The SMILES string of the molecule is CC(CN)Oc1ccc2nsnc2c1. The van der Waals surface area contributed by atoms with E-state index in [4.69, 9.17) is 10.5 Å². The molecule has 1 aromatic carbocycles. The van der Waals surface area contributed by atoms with Gasteiger partial charge in [-0.25, -0.2) is 0 Å². The van der Waals surface area contributed by atoms with Crippen LogP contribution in [0.2, 0.25) is 0 Å². The first-order chi connectivity index (χ1) is 6.79. The number of rotatable bonds is 3. The van der Waals surface area contributed by atoms with Crippen molar-refractivity contribution in [3.8, 4) is 5.75 Å². The number of nitrogens with zero attached hydrogens (tertiary/aromatic N) is 2. The number of fused-ring (bicyclic) bond motifs is 1. The molecular weight excluding hydrogens is 198 g/mol. The lowest BCUT2D eigenvalue weighted by Crippen LogP contribution is -2.22. The van der Waals surface area contributed by atoms with Gasteiger partial charge in [-0.3, -0.25) is 0 Å². The van der Waals surface area contributed by atoms with E-state index in [1.54, 1.807) is 0 Å². The highest BCUT2D eigenvalue weighted by molar-refractivity contribution is 7.00. The Balaban J connectivity index is 2.25. The molecule has 1 aromatic heterocycles. The van der Waals surface area contributed by atoms with Crippen molar-refractivity contribution in [1.29, 1.82) is 0 Å². The van der Waals surface area contributed by atoms with Gasteiger partial charge in [0.25, 0.3) is 0 Å². The summed E-state index contributed by atoms with van der Waals surface area (Å²) in [5, 5.41) is 0. The van der Waals surface area contributed by atoms with E-state index in [0.717, 1.165) is 16.8 Å². The van der Waals surface area contributed by atoms with E-state index < -0.39 is 0 Å². The number of nitrogens with two attached hydrogens (primary N) is 1. The van der Waals surface area contributed by atoms with Crippen LogP contribution < -0.4 is 10.5 Å². The summed E-state index contributed by atoms with van der Waals surface area (Å²) in [4.78, 5) is 0. The van der Waals surface area contributed by atoms with Crippen LogP contribution in [0.1, 0.15) is 6.92 Å². The van der Waals surface area contributed by atoms with Crippen LogP contribution in [0.4, 0.5) is 0 Å². The van der Waals surface area contributed by atoms with Gasteiger partial charge < -0.3 is 10.5 Å². The molecule has 0 aliphatic carbocycles. The number of hydrogen-bond acceptors (Lipinski definition) is 5. The lowest BCUT2D eigenvalue weighted by molar-refractivity contribution is 0.230. The summed E-state index contributed by atoms with van der Waals surface area (Å²) in [7, 11) is 0. The van der Waals surface area contributed by atoms with Crippen LogP contribution in [0.15, 0.2) is 18.2 Å². The second kappa shape index (κ2) is 3.89. The summed E-state index contributed by atoms with van der Waals surface area (Å²) in [6.07, 6.45) is 0.0269. The van der Waals surface area contributed by atoms with E-state index in [1.165, 1.54) is 11.7 Å². The van der Waals surface area contributed by atoms with Crippen LogP contribution >= 0.6 is 11.7 Å². The standard InChI is InChI=1S/C9H11N3OS/c1-6(5-10)13-7-2-3-8-9(4-7)12-14-11-8/h2-4,6H,5,10H2,1H3. The zero-order valence-electron chi connectivity index (χ0n) is 7.80. The van der Waals surface area contributed by atoms with Crippen molar-refractivity contribution in [2.45, 2.75) is 13.0 Å². The Morgan fingerprint density at radius 2 is 2.21 bits per heavy atom. The third kappa shape index (κ3) is 1.83. The second-order valence-corrected chi connectivity index (χ2v) is 3.61. The largest absolute Gasteiger partial charge is 0.489 e. The van der Waals surface area contributed by atoms with Gasteiger partial charge in [0.1, 0.15) is 22.9 Å². The van der Waals surface area contributed by atoms with Gasteiger partial charge in [-0.15, -0.1) is 0 Å². The molecule has 1 unspecified atom stereocenters. The Bertz CT molecular complexity index is 429. The number of benzene rings is 1. The summed E-state index contributed by atoms with van der Waals surface area (Å²) in [6.45, 7) is 2.44. The number of hydrogen-bond donors (Lipinski definition) is 1. The van der Waals surface area contributed by atoms with Crippen LogP contribution in [0.3, 0.4) is 0 Å². The van der Waals surface area contributed by atoms with Crippen LogP contribution in [0.25, 0.3) is 11.0 Å². The van der Waals surface area contributed by atoms with Gasteiger partial charge >= 0.3 is 0 Å². The fourth-order valence-electron chi connectivity index (χ4n) is 1.12. The maximum Gasteiger partial charge on any atom is 0.122 e. The monoisotopic (exact) mass is 209 g/mol. The smallest absolute Gasteiger partial charge is 0.122 e. The average Bonchev–Trinajstić information content (AvgIpc) is 2.64. The Hall–Kier alpha value is -1.20. The van der Waals surface area contributed by atoms with Crippen molar-refractivity contribution in [3.63, 3.8) is 0 Å². The Morgan fingerprint density at radius 1 is 1.43 bits per heavy atom. The van der Waals surface area contributed by atoms with Crippen molar-refractivity contribution in [2.75, 3.05) is 6.54 Å². The van der Waals surface area contributed by atoms with Gasteiger partial charge in [0.05, 0.1) is 11.7 Å². The van der Waals surface area contributed by atoms with Crippen molar-refractivity contribution in [3.05, 3.63) is 18.2 Å². The van der Waals surface area contributed by atoms with Gasteiger partial charge in [-0.05, 0) is 19.1 Å². The Labute approximate surface area is 86.0 Å². The molecule has 0 radical (unpaired) electrons. The quantitative estimate of drug-likeness (QED) is 0.830. The molecule has 0 bridgehead atoms. The number of ether oxygens (including phenoxy) is 1. The molecule has 14 heavy (non-hydrogen) atoms. The molecule has 2 N–H and O–H groups in total. The second-order valence-electron chi connectivity index (χ2n) is 3.08. The highest BCUT2D eigenvalue weighted by Crippen LogP contribution is 2.19. The molecule has 0 spiro atoms. The molecule has 2 aromatic rings. The maximum atomic E-state index is 5.55. The van der Waals surface area contributed by atoms with E-state index in [0.29, 0.717) is 6.54 Å². The molecule has 0 amide bonds.